The molecule has 4 heterocycles. The zero-order chi connectivity index (χ0) is 35.1. The summed E-state index contributed by atoms with van der Waals surface area (Å²) in [5, 5.41) is 2.30. The monoisotopic (exact) mass is 683 g/mol. The Kier molecular flexibility index (Phi) is 7.32. The minimum Gasteiger partial charge on any atom is -0.457 e. The summed E-state index contributed by atoms with van der Waals surface area (Å²) in [6, 6.07) is 59.5. The van der Waals surface area contributed by atoms with Crippen molar-refractivity contribution >= 4 is 33.1 Å². The van der Waals surface area contributed by atoms with Crippen molar-refractivity contribution < 1.29 is 9.30 Å². The van der Waals surface area contributed by atoms with E-state index in [0.717, 1.165) is 73.2 Å². The quantitative estimate of drug-likeness (QED) is 0.157. The molecule has 250 valence electrons. The molecule has 0 amide bonds. The fourth-order valence-corrected chi connectivity index (χ4v) is 7.11. The normalized spacial score (nSPS) is 11.4. The van der Waals surface area contributed by atoms with Gasteiger partial charge in [-0.05, 0) is 54.6 Å². The van der Waals surface area contributed by atoms with E-state index in [-0.39, 0.29) is 0 Å². The van der Waals surface area contributed by atoms with E-state index in [1.165, 1.54) is 5.39 Å². The number of imidazole rings is 1. The summed E-state index contributed by atoms with van der Waals surface area (Å²) in [7, 11) is 0. The van der Waals surface area contributed by atoms with Crippen LogP contribution in [0.3, 0.4) is 0 Å². The van der Waals surface area contributed by atoms with Gasteiger partial charge < -0.3 is 4.74 Å². The van der Waals surface area contributed by atoms with E-state index in [2.05, 4.69) is 104 Å². The van der Waals surface area contributed by atoms with Crippen LogP contribution in [0.2, 0.25) is 0 Å². The first-order valence-electron chi connectivity index (χ1n) is 17.5. The van der Waals surface area contributed by atoms with Crippen molar-refractivity contribution in [3.63, 3.8) is 0 Å². The Labute approximate surface area is 305 Å². The molecule has 0 aliphatic heterocycles. The van der Waals surface area contributed by atoms with Crippen molar-refractivity contribution in [1.82, 2.24) is 24.1 Å². The summed E-state index contributed by atoms with van der Waals surface area (Å²) >= 11 is 0. The lowest BCUT2D eigenvalue weighted by Gasteiger charge is -2.10. The number of hydrogen-bond acceptors (Lipinski definition) is 4. The van der Waals surface area contributed by atoms with Gasteiger partial charge in [-0.3, -0.25) is 4.57 Å². The second kappa shape index (κ2) is 12.7. The lowest BCUT2D eigenvalue weighted by Crippen LogP contribution is -2.29. The molecule has 0 aliphatic rings. The Morgan fingerprint density at radius 1 is 0.509 bits per heavy atom. The second-order valence-corrected chi connectivity index (χ2v) is 12.8. The average Bonchev–Trinajstić information content (AvgIpc) is 3.77. The van der Waals surface area contributed by atoms with Gasteiger partial charge in [-0.15, -0.1) is 0 Å². The third-order valence-electron chi connectivity index (χ3n) is 9.53. The van der Waals surface area contributed by atoms with E-state index in [4.69, 9.17) is 14.7 Å². The van der Waals surface area contributed by atoms with E-state index in [1.807, 2.05) is 103 Å². The maximum atomic E-state index is 6.62. The highest BCUT2D eigenvalue weighted by molar-refractivity contribution is 6.09. The lowest BCUT2D eigenvalue weighted by molar-refractivity contribution is -0.569. The van der Waals surface area contributed by atoms with Crippen molar-refractivity contribution in [2.24, 2.45) is 0 Å². The molecule has 4 aromatic heterocycles. The van der Waals surface area contributed by atoms with Crippen LogP contribution in [-0.2, 0) is 0 Å². The molecule has 10 aromatic rings. The molecule has 0 spiro atoms. The number of para-hydroxylation sites is 2. The molecule has 7 nitrogen and oxygen atoms in total. The van der Waals surface area contributed by atoms with Crippen LogP contribution in [0.5, 0.6) is 11.5 Å². The number of ether oxygens (including phenoxy) is 1. The maximum Gasteiger partial charge on any atom is 0.328 e. The van der Waals surface area contributed by atoms with Crippen LogP contribution in [0.4, 0.5) is 0 Å². The van der Waals surface area contributed by atoms with Crippen LogP contribution in [0.15, 0.2) is 188 Å². The first kappa shape index (κ1) is 30.4. The Bertz CT molecular complexity index is 2900. The van der Waals surface area contributed by atoms with Crippen molar-refractivity contribution in [3.05, 3.63) is 188 Å². The van der Waals surface area contributed by atoms with Gasteiger partial charge in [0.15, 0.2) is 5.69 Å². The standard InChI is InChI=1S/C46H31N6O/c1-4-15-32(16-5-1)43-44(33-17-6-2-7-18-33)49-46-45(48-43)50(34-19-8-3-9-20-34)31-51(46)35-21-14-22-36(29-35)53-37-26-27-39-38-23-10-11-24-40(38)52(41(39)30-37)42-25-12-13-28-47-42/h1-31H/q+1. The van der Waals surface area contributed by atoms with E-state index in [0.29, 0.717) is 5.75 Å². The highest BCUT2D eigenvalue weighted by atomic mass is 16.5. The highest BCUT2D eigenvalue weighted by Gasteiger charge is 2.26. The topological polar surface area (TPSA) is 61.6 Å². The Morgan fingerprint density at radius 2 is 1.17 bits per heavy atom. The first-order valence-corrected chi connectivity index (χ1v) is 17.5. The van der Waals surface area contributed by atoms with Gasteiger partial charge in [-0.2, -0.15) is 4.57 Å². The van der Waals surface area contributed by atoms with Gasteiger partial charge in [0.2, 0.25) is 6.33 Å². The third-order valence-corrected chi connectivity index (χ3v) is 9.53. The molecule has 10 rings (SSSR count). The molecule has 0 radical (unpaired) electrons. The van der Waals surface area contributed by atoms with Gasteiger partial charge in [-0.1, -0.05) is 114 Å². The fraction of sp³-hybridized carbons (Fsp3) is 0. The molecule has 0 bridgehead atoms. The molecule has 0 atom stereocenters. The van der Waals surface area contributed by atoms with Gasteiger partial charge in [0.25, 0.3) is 5.65 Å². The van der Waals surface area contributed by atoms with Crippen LogP contribution in [0.25, 0.3) is 72.8 Å². The van der Waals surface area contributed by atoms with Gasteiger partial charge in [0.05, 0.1) is 11.0 Å². The maximum absolute atomic E-state index is 6.62. The van der Waals surface area contributed by atoms with Crippen LogP contribution < -0.4 is 9.30 Å². The van der Waals surface area contributed by atoms with Crippen molar-refractivity contribution in [2.45, 2.75) is 0 Å². The van der Waals surface area contributed by atoms with E-state index in [1.54, 1.807) is 0 Å². The number of aromatic nitrogens is 6. The molecule has 0 aliphatic carbocycles. The molecule has 0 unspecified atom stereocenters. The summed E-state index contributed by atoms with van der Waals surface area (Å²) in [5.41, 5.74) is 9.11. The van der Waals surface area contributed by atoms with Crippen molar-refractivity contribution in [2.75, 3.05) is 0 Å². The van der Waals surface area contributed by atoms with E-state index in [9.17, 15) is 0 Å². The molecular formula is C46H31N6O+. The van der Waals surface area contributed by atoms with Crippen molar-refractivity contribution in [1.29, 1.82) is 0 Å². The molecule has 6 aromatic carbocycles. The predicted octanol–water partition coefficient (Wildman–Crippen LogP) is 10.3. The van der Waals surface area contributed by atoms with E-state index >= 15 is 0 Å². The number of pyridine rings is 1. The highest BCUT2D eigenvalue weighted by Crippen LogP contribution is 2.36. The Hall–Kier alpha value is -7.38. The van der Waals surface area contributed by atoms with Gasteiger partial charge in [0.1, 0.15) is 34.4 Å². The number of nitrogens with zero attached hydrogens (tertiary/aromatic N) is 6. The summed E-state index contributed by atoms with van der Waals surface area (Å²) in [6.45, 7) is 0. The van der Waals surface area contributed by atoms with Gasteiger partial charge in [0, 0.05) is 40.2 Å². The molecule has 0 saturated heterocycles. The molecule has 0 N–H and O–H groups in total. The van der Waals surface area contributed by atoms with Gasteiger partial charge in [-0.25, -0.2) is 14.5 Å². The smallest absolute Gasteiger partial charge is 0.328 e. The summed E-state index contributed by atoms with van der Waals surface area (Å²) < 4.78 is 13.0. The fourth-order valence-electron chi connectivity index (χ4n) is 7.11. The van der Waals surface area contributed by atoms with Crippen LogP contribution >= 0.6 is 0 Å². The largest absolute Gasteiger partial charge is 0.457 e. The van der Waals surface area contributed by atoms with Crippen molar-refractivity contribution in [3.8, 4) is 51.2 Å². The minimum atomic E-state index is 0.701. The summed E-state index contributed by atoms with van der Waals surface area (Å²) in [6.07, 6.45) is 3.88. The predicted molar refractivity (Wildman–Crippen MR) is 210 cm³/mol. The zero-order valence-electron chi connectivity index (χ0n) is 28.5. The second-order valence-electron chi connectivity index (χ2n) is 12.8. The number of hydrogen-bond donors (Lipinski definition) is 0. The SMILES string of the molecule is c1ccc(-c2nc3c(nc2-c2ccccc2)[n+](-c2ccccc2)cn3-c2cccc(Oc3ccc4c5ccccc5n(-c5ccccn5)c4c3)c2)cc1. The van der Waals surface area contributed by atoms with Gasteiger partial charge >= 0.3 is 5.65 Å². The van der Waals surface area contributed by atoms with Crippen LogP contribution in [0.1, 0.15) is 0 Å². The number of rotatable bonds is 7. The summed E-state index contributed by atoms with van der Waals surface area (Å²) in [5.74, 6) is 2.29. The average molecular weight is 684 g/mol. The number of benzene rings is 6. The first-order chi connectivity index (χ1) is 26.3. The molecule has 0 saturated carbocycles. The molecule has 0 fully saturated rings. The zero-order valence-corrected chi connectivity index (χ0v) is 28.5. The van der Waals surface area contributed by atoms with E-state index < -0.39 is 0 Å². The third kappa shape index (κ3) is 5.39. The molecular weight excluding hydrogens is 653 g/mol. The summed E-state index contributed by atoms with van der Waals surface area (Å²) in [4.78, 5) is 15.4. The van der Waals surface area contributed by atoms with Crippen LogP contribution in [-0.4, -0.2) is 24.1 Å². The number of fused-ring (bicyclic) bond motifs is 4. The minimum absolute atomic E-state index is 0.701. The molecule has 53 heavy (non-hydrogen) atoms. The molecule has 7 heteroatoms. The lowest BCUT2D eigenvalue weighted by atomic mass is 10.0. The Balaban J connectivity index is 1.12. The Morgan fingerprint density at radius 3 is 1.92 bits per heavy atom. The van der Waals surface area contributed by atoms with Crippen LogP contribution in [0, 0.1) is 0 Å².